The number of rotatable bonds is 4. The summed E-state index contributed by atoms with van der Waals surface area (Å²) in [6, 6.07) is 6.93. The molecule has 1 aromatic carbocycles. The summed E-state index contributed by atoms with van der Waals surface area (Å²) in [5.41, 5.74) is 0.573. The zero-order valence-corrected chi connectivity index (χ0v) is 8.36. The molecule has 0 aromatic heterocycles. The molecule has 0 amide bonds. The molecule has 0 fully saturated rings. The molecule has 0 aliphatic rings. The normalized spacial score (nSPS) is 12.2. The molecule has 1 N–H and O–H groups in total. The predicted octanol–water partition coefficient (Wildman–Crippen LogP) is 1.71. The van der Waals surface area contributed by atoms with Gasteiger partial charge in [0.05, 0.1) is 6.61 Å². The highest BCUT2D eigenvalue weighted by Gasteiger charge is 2.12. The van der Waals surface area contributed by atoms with Crippen molar-refractivity contribution >= 4 is 5.78 Å². The molecule has 1 atom stereocenters. The lowest BCUT2D eigenvalue weighted by Crippen LogP contribution is -2.07. The average molecular weight is 194 g/mol. The van der Waals surface area contributed by atoms with Gasteiger partial charge >= 0.3 is 0 Å². The second-order valence-corrected chi connectivity index (χ2v) is 3.02. The fraction of sp³-hybridized carbons (Fsp3) is 0.364. The van der Waals surface area contributed by atoms with Crippen molar-refractivity contribution in [1.29, 1.82) is 0 Å². The third kappa shape index (κ3) is 2.57. The summed E-state index contributed by atoms with van der Waals surface area (Å²) in [5.74, 6) is 0.406. The van der Waals surface area contributed by atoms with Gasteiger partial charge in [0, 0.05) is 0 Å². The summed E-state index contributed by atoms with van der Waals surface area (Å²) in [6.07, 6.45) is -1.05. The highest BCUT2D eigenvalue weighted by Crippen LogP contribution is 2.19. The first-order chi connectivity index (χ1) is 6.65. The first kappa shape index (κ1) is 10.7. The molecule has 0 bridgehead atoms. The van der Waals surface area contributed by atoms with Crippen LogP contribution in [0.2, 0.25) is 0 Å². The number of aliphatic hydroxyl groups is 1. The van der Waals surface area contributed by atoms with Gasteiger partial charge in [0.25, 0.3) is 0 Å². The van der Waals surface area contributed by atoms with E-state index in [-0.39, 0.29) is 5.78 Å². The molecule has 1 rings (SSSR count). The summed E-state index contributed by atoms with van der Waals surface area (Å²) in [7, 11) is 0. The third-order valence-corrected chi connectivity index (χ3v) is 1.87. The van der Waals surface area contributed by atoms with Gasteiger partial charge < -0.3 is 9.84 Å². The van der Waals surface area contributed by atoms with Gasteiger partial charge in [-0.15, -0.1) is 0 Å². The molecule has 1 aromatic rings. The summed E-state index contributed by atoms with van der Waals surface area (Å²) < 4.78 is 5.25. The van der Waals surface area contributed by atoms with Gasteiger partial charge in [-0.3, -0.25) is 4.79 Å². The van der Waals surface area contributed by atoms with Crippen molar-refractivity contribution in [2.45, 2.75) is 20.0 Å². The van der Waals surface area contributed by atoms with Crippen LogP contribution in [0, 0.1) is 0 Å². The number of ketones is 1. The standard InChI is InChI=1S/C11H14O3/c1-3-14-10-6-4-5-9(7-10)11(13)8(2)12/h4-7,11,13H,3H2,1-2H3. The fourth-order valence-electron chi connectivity index (χ4n) is 1.18. The largest absolute Gasteiger partial charge is 0.494 e. The zero-order valence-electron chi connectivity index (χ0n) is 8.36. The van der Waals surface area contributed by atoms with E-state index < -0.39 is 6.10 Å². The third-order valence-electron chi connectivity index (χ3n) is 1.87. The van der Waals surface area contributed by atoms with E-state index in [0.29, 0.717) is 17.9 Å². The molecule has 0 heterocycles. The van der Waals surface area contributed by atoms with E-state index in [0.717, 1.165) is 0 Å². The Labute approximate surface area is 83.3 Å². The van der Waals surface area contributed by atoms with Crippen LogP contribution in [-0.4, -0.2) is 17.5 Å². The monoisotopic (exact) mass is 194 g/mol. The molecule has 3 heteroatoms. The number of carbonyl (C=O) groups is 1. The summed E-state index contributed by atoms with van der Waals surface area (Å²) >= 11 is 0. The maximum atomic E-state index is 10.9. The van der Waals surface area contributed by atoms with Crippen molar-refractivity contribution in [3.05, 3.63) is 29.8 Å². The lowest BCUT2D eigenvalue weighted by molar-refractivity contribution is -0.125. The number of benzene rings is 1. The Morgan fingerprint density at radius 3 is 2.86 bits per heavy atom. The van der Waals surface area contributed by atoms with Gasteiger partial charge in [0.15, 0.2) is 5.78 Å². The Morgan fingerprint density at radius 2 is 2.29 bits per heavy atom. The van der Waals surface area contributed by atoms with E-state index in [4.69, 9.17) is 4.74 Å². The Kier molecular flexibility index (Phi) is 3.65. The van der Waals surface area contributed by atoms with Crippen LogP contribution in [0.5, 0.6) is 5.75 Å². The van der Waals surface area contributed by atoms with Crippen molar-refractivity contribution in [1.82, 2.24) is 0 Å². The summed E-state index contributed by atoms with van der Waals surface area (Å²) in [5, 5.41) is 9.49. The number of Topliss-reactive ketones (excluding diaryl/α,β-unsaturated/α-hetero) is 1. The quantitative estimate of drug-likeness (QED) is 0.793. The lowest BCUT2D eigenvalue weighted by Gasteiger charge is -2.09. The molecule has 0 radical (unpaired) electrons. The maximum Gasteiger partial charge on any atom is 0.162 e. The minimum Gasteiger partial charge on any atom is -0.494 e. The first-order valence-corrected chi connectivity index (χ1v) is 4.56. The van der Waals surface area contributed by atoms with Crippen LogP contribution in [-0.2, 0) is 4.79 Å². The molecule has 14 heavy (non-hydrogen) atoms. The molecule has 0 saturated heterocycles. The smallest absolute Gasteiger partial charge is 0.162 e. The molecule has 1 unspecified atom stereocenters. The van der Waals surface area contributed by atoms with Gasteiger partial charge in [0.2, 0.25) is 0 Å². The molecular weight excluding hydrogens is 180 g/mol. The van der Waals surface area contributed by atoms with Gasteiger partial charge in [-0.25, -0.2) is 0 Å². The van der Waals surface area contributed by atoms with Gasteiger partial charge in [-0.05, 0) is 31.5 Å². The van der Waals surface area contributed by atoms with Crippen molar-refractivity contribution in [2.24, 2.45) is 0 Å². The number of carbonyl (C=O) groups excluding carboxylic acids is 1. The van der Waals surface area contributed by atoms with Gasteiger partial charge in [-0.1, -0.05) is 12.1 Å². The van der Waals surface area contributed by atoms with Crippen molar-refractivity contribution < 1.29 is 14.6 Å². The highest BCUT2D eigenvalue weighted by atomic mass is 16.5. The molecule has 0 spiro atoms. The van der Waals surface area contributed by atoms with Crippen molar-refractivity contribution in [3.8, 4) is 5.75 Å². The van der Waals surface area contributed by atoms with E-state index in [9.17, 15) is 9.90 Å². The fourth-order valence-corrected chi connectivity index (χ4v) is 1.18. The van der Waals surface area contributed by atoms with Crippen LogP contribution in [0.15, 0.2) is 24.3 Å². The van der Waals surface area contributed by atoms with E-state index in [2.05, 4.69) is 0 Å². The molecule has 76 valence electrons. The Hall–Kier alpha value is -1.35. The Bertz CT molecular complexity index is 320. The number of ether oxygens (including phenoxy) is 1. The number of hydrogen-bond acceptors (Lipinski definition) is 3. The molecular formula is C11H14O3. The van der Waals surface area contributed by atoms with E-state index in [1.807, 2.05) is 6.92 Å². The minimum atomic E-state index is -1.05. The molecule has 0 saturated carbocycles. The van der Waals surface area contributed by atoms with Crippen LogP contribution in [0.25, 0.3) is 0 Å². The molecule has 3 nitrogen and oxygen atoms in total. The lowest BCUT2D eigenvalue weighted by atomic mass is 10.1. The van der Waals surface area contributed by atoms with Crippen molar-refractivity contribution in [2.75, 3.05) is 6.61 Å². The SMILES string of the molecule is CCOc1cccc(C(O)C(C)=O)c1. The minimum absolute atomic E-state index is 0.265. The molecule has 0 aliphatic carbocycles. The van der Waals surface area contributed by atoms with Crippen molar-refractivity contribution in [3.63, 3.8) is 0 Å². The second kappa shape index (κ2) is 4.77. The second-order valence-electron chi connectivity index (χ2n) is 3.02. The Balaban J connectivity index is 2.87. The first-order valence-electron chi connectivity index (χ1n) is 4.56. The maximum absolute atomic E-state index is 10.9. The van der Waals surface area contributed by atoms with Crippen LogP contribution in [0.1, 0.15) is 25.5 Å². The van der Waals surface area contributed by atoms with Crippen LogP contribution >= 0.6 is 0 Å². The average Bonchev–Trinajstić information content (AvgIpc) is 2.17. The Morgan fingerprint density at radius 1 is 1.57 bits per heavy atom. The predicted molar refractivity (Wildman–Crippen MR) is 53.3 cm³/mol. The van der Waals surface area contributed by atoms with Crippen LogP contribution in [0.3, 0.4) is 0 Å². The topological polar surface area (TPSA) is 46.5 Å². The summed E-state index contributed by atoms with van der Waals surface area (Å²) in [6.45, 7) is 3.81. The van der Waals surface area contributed by atoms with Crippen LogP contribution in [0.4, 0.5) is 0 Å². The van der Waals surface area contributed by atoms with E-state index in [1.54, 1.807) is 24.3 Å². The van der Waals surface area contributed by atoms with Gasteiger partial charge in [0.1, 0.15) is 11.9 Å². The van der Waals surface area contributed by atoms with E-state index in [1.165, 1.54) is 6.92 Å². The van der Waals surface area contributed by atoms with Crippen LogP contribution < -0.4 is 4.74 Å². The zero-order chi connectivity index (χ0) is 10.6. The highest BCUT2D eigenvalue weighted by molar-refractivity contribution is 5.81. The van der Waals surface area contributed by atoms with E-state index >= 15 is 0 Å². The number of aliphatic hydroxyl groups excluding tert-OH is 1. The molecule has 0 aliphatic heterocycles. The number of hydrogen-bond donors (Lipinski definition) is 1. The summed E-state index contributed by atoms with van der Waals surface area (Å²) in [4.78, 5) is 10.9. The van der Waals surface area contributed by atoms with Gasteiger partial charge in [-0.2, -0.15) is 0 Å².